The Hall–Kier alpha value is -1.88. The summed E-state index contributed by atoms with van der Waals surface area (Å²) in [5, 5.41) is 12.8. The number of halogens is 1. The van der Waals surface area contributed by atoms with Gasteiger partial charge in [0.25, 0.3) is 5.69 Å². The summed E-state index contributed by atoms with van der Waals surface area (Å²) in [5.74, 6) is 6.19. The molecule has 0 saturated heterocycles. The molecule has 5 nitrogen and oxygen atoms in total. The van der Waals surface area contributed by atoms with Crippen LogP contribution in [0, 0.1) is 22.0 Å². The second-order valence-corrected chi connectivity index (χ2v) is 5.69. The van der Waals surface area contributed by atoms with Crippen LogP contribution in [0.3, 0.4) is 0 Å². The van der Waals surface area contributed by atoms with Gasteiger partial charge in [0.2, 0.25) is 0 Å². The standard InChI is InChI=1S/C14H11BrN2O3S/c15-14-11(17(18)19)4-1-5-12(14)20-9-13-10(3-2-7-16)6-8-21-13/h1,4-6,8H,7,9,16H2. The molecule has 0 aliphatic rings. The van der Waals surface area contributed by atoms with Gasteiger partial charge in [-0.25, -0.2) is 0 Å². The van der Waals surface area contributed by atoms with Crippen LogP contribution in [-0.4, -0.2) is 11.5 Å². The maximum absolute atomic E-state index is 10.9. The molecule has 0 radical (unpaired) electrons. The number of rotatable bonds is 4. The van der Waals surface area contributed by atoms with Gasteiger partial charge in [0.15, 0.2) is 0 Å². The summed E-state index contributed by atoms with van der Waals surface area (Å²) >= 11 is 4.72. The highest BCUT2D eigenvalue weighted by molar-refractivity contribution is 9.10. The fourth-order valence-corrected chi connectivity index (χ4v) is 2.87. The molecule has 0 spiro atoms. The van der Waals surface area contributed by atoms with Crippen LogP contribution in [0.15, 0.2) is 34.1 Å². The van der Waals surface area contributed by atoms with Crippen LogP contribution in [0.1, 0.15) is 10.4 Å². The number of nitrogens with zero attached hydrogens (tertiary/aromatic N) is 1. The molecule has 0 saturated carbocycles. The first-order valence-corrected chi connectivity index (χ1v) is 7.61. The molecular weight excluding hydrogens is 356 g/mol. The fraction of sp³-hybridized carbons (Fsp3) is 0.143. The minimum absolute atomic E-state index is 0.0261. The zero-order valence-corrected chi connectivity index (χ0v) is 13.2. The number of nitro groups is 1. The Morgan fingerprint density at radius 3 is 2.95 bits per heavy atom. The lowest BCUT2D eigenvalue weighted by atomic mass is 10.2. The quantitative estimate of drug-likeness (QED) is 0.511. The van der Waals surface area contributed by atoms with Crippen molar-refractivity contribution >= 4 is 33.0 Å². The number of nitrogens with two attached hydrogens (primary N) is 1. The number of benzene rings is 1. The zero-order valence-electron chi connectivity index (χ0n) is 10.8. The van der Waals surface area contributed by atoms with E-state index < -0.39 is 4.92 Å². The molecule has 1 aromatic heterocycles. The predicted molar refractivity (Wildman–Crippen MR) is 85.4 cm³/mol. The van der Waals surface area contributed by atoms with Crippen LogP contribution < -0.4 is 10.5 Å². The number of hydrogen-bond acceptors (Lipinski definition) is 5. The molecular formula is C14H11BrN2O3S. The Kier molecular flexibility index (Phi) is 5.33. The van der Waals surface area contributed by atoms with Crippen molar-refractivity contribution in [3.63, 3.8) is 0 Å². The van der Waals surface area contributed by atoms with E-state index in [4.69, 9.17) is 10.5 Å². The maximum atomic E-state index is 10.9. The minimum atomic E-state index is -0.458. The van der Waals surface area contributed by atoms with Gasteiger partial charge in [-0.05, 0) is 33.4 Å². The zero-order chi connectivity index (χ0) is 15.2. The van der Waals surface area contributed by atoms with Crippen LogP contribution in [0.4, 0.5) is 5.69 Å². The Morgan fingerprint density at radius 1 is 1.43 bits per heavy atom. The fourth-order valence-electron chi connectivity index (χ4n) is 1.61. The van der Waals surface area contributed by atoms with Gasteiger partial charge in [-0.1, -0.05) is 17.9 Å². The van der Waals surface area contributed by atoms with Gasteiger partial charge in [-0.15, -0.1) is 11.3 Å². The van der Waals surface area contributed by atoms with Crippen molar-refractivity contribution in [1.29, 1.82) is 0 Å². The molecule has 0 unspecified atom stereocenters. The van der Waals surface area contributed by atoms with E-state index in [-0.39, 0.29) is 5.69 Å². The van der Waals surface area contributed by atoms with Crippen molar-refractivity contribution in [2.24, 2.45) is 5.73 Å². The highest BCUT2D eigenvalue weighted by atomic mass is 79.9. The number of nitro benzene ring substituents is 1. The largest absolute Gasteiger partial charge is 0.487 e. The van der Waals surface area contributed by atoms with Gasteiger partial charge in [0, 0.05) is 11.6 Å². The Balaban J connectivity index is 2.16. The average molecular weight is 367 g/mol. The van der Waals surface area contributed by atoms with Crippen molar-refractivity contribution in [3.8, 4) is 17.6 Å². The Labute approximate surface area is 134 Å². The lowest BCUT2D eigenvalue weighted by molar-refractivity contribution is -0.385. The molecule has 1 heterocycles. The first kappa shape index (κ1) is 15.5. The smallest absolute Gasteiger partial charge is 0.287 e. The monoisotopic (exact) mass is 366 g/mol. The van der Waals surface area contributed by atoms with Crippen LogP contribution >= 0.6 is 27.3 Å². The van der Waals surface area contributed by atoms with Gasteiger partial charge < -0.3 is 10.5 Å². The number of hydrogen-bond donors (Lipinski definition) is 1. The second kappa shape index (κ2) is 7.22. The summed E-state index contributed by atoms with van der Waals surface area (Å²) in [4.78, 5) is 11.4. The molecule has 1 aromatic carbocycles. The van der Waals surface area contributed by atoms with Crippen molar-refractivity contribution in [1.82, 2.24) is 0 Å². The second-order valence-electron chi connectivity index (χ2n) is 3.90. The summed E-state index contributed by atoms with van der Waals surface area (Å²) in [7, 11) is 0. The SMILES string of the molecule is NCC#Cc1ccsc1COc1cccc([N+](=O)[O-])c1Br. The molecule has 21 heavy (non-hydrogen) atoms. The highest BCUT2D eigenvalue weighted by Crippen LogP contribution is 2.34. The summed E-state index contributed by atoms with van der Waals surface area (Å²) in [5.41, 5.74) is 6.20. The molecule has 7 heteroatoms. The van der Waals surface area contributed by atoms with E-state index in [0.717, 1.165) is 10.4 Å². The van der Waals surface area contributed by atoms with E-state index in [2.05, 4.69) is 27.8 Å². The molecule has 2 aromatic rings. The third-order valence-corrected chi connectivity index (χ3v) is 4.26. The van der Waals surface area contributed by atoms with Crippen LogP contribution in [0.2, 0.25) is 0 Å². The van der Waals surface area contributed by atoms with Crippen LogP contribution in [0.5, 0.6) is 5.75 Å². The Bertz CT molecular complexity index is 718. The number of thiophene rings is 1. The van der Waals surface area contributed by atoms with E-state index in [0.29, 0.717) is 23.4 Å². The lowest BCUT2D eigenvalue weighted by Crippen LogP contribution is -1.98. The summed E-state index contributed by atoms with van der Waals surface area (Å²) < 4.78 is 5.99. The molecule has 0 atom stereocenters. The lowest BCUT2D eigenvalue weighted by Gasteiger charge is -2.07. The van der Waals surface area contributed by atoms with Gasteiger partial charge >= 0.3 is 0 Å². The van der Waals surface area contributed by atoms with Gasteiger partial charge in [-0.2, -0.15) is 0 Å². The third-order valence-electron chi connectivity index (χ3n) is 2.57. The van der Waals surface area contributed by atoms with Crippen LogP contribution in [-0.2, 0) is 6.61 Å². The van der Waals surface area contributed by atoms with E-state index in [1.807, 2.05) is 11.4 Å². The summed E-state index contributed by atoms with van der Waals surface area (Å²) in [6.07, 6.45) is 0. The van der Waals surface area contributed by atoms with Gasteiger partial charge in [-0.3, -0.25) is 10.1 Å². The molecule has 0 aliphatic carbocycles. The minimum Gasteiger partial charge on any atom is -0.487 e. The van der Waals surface area contributed by atoms with E-state index in [1.54, 1.807) is 12.1 Å². The molecule has 0 fully saturated rings. The van der Waals surface area contributed by atoms with Crippen molar-refractivity contribution in [2.45, 2.75) is 6.61 Å². The van der Waals surface area contributed by atoms with Crippen molar-refractivity contribution in [2.75, 3.05) is 6.54 Å². The van der Waals surface area contributed by atoms with E-state index in [1.165, 1.54) is 17.4 Å². The van der Waals surface area contributed by atoms with Crippen molar-refractivity contribution < 1.29 is 9.66 Å². The summed E-state index contributed by atoms with van der Waals surface area (Å²) in [6.45, 7) is 0.596. The van der Waals surface area contributed by atoms with Gasteiger partial charge in [0.05, 0.1) is 16.3 Å². The van der Waals surface area contributed by atoms with E-state index in [9.17, 15) is 10.1 Å². The average Bonchev–Trinajstić information content (AvgIpc) is 2.91. The molecule has 108 valence electrons. The molecule has 0 aliphatic heterocycles. The molecule has 0 amide bonds. The molecule has 2 N–H and O–H groups in total. The first-order chi connectivity index (χ1) is 10.1. The molecule has 0 bridgehead atoms. The van der Waals surface area contributed by atoms with Crippen LogP contribution in [0.25, 0.3) is 0 Å². The maximum Gasteiger partial charge on any atom is 0.287 e. The first-order valence-electron chi connectivity index (χ1n) is 5.94. The van der Waals surface area contributed by atoms with Gasteiger partial charge in [0.1, 0.15) is 16.8 Å². The normalized spacial score (nSPS) is 9.81. The summed E-state index contributed by atoms with van der Waals surface area (Å²) in [6, 6.07) is 6.58. The highest BCUT2D eigenvalue weighted by Gasteiger charge is 2.16. The molecule has 2 rings (SSSR count). The predicted octanol–water partition coefficient (Wildman–Crippen LogP) is 3.31. The van der Waals surface area contributed by atoms with E-state index >= 15 is 0 Å². The van der Waals surface area contributed by atoms with Crippen molar-refractivity contribution in [3.05, 3.63) is 54.7 Å². The topological polar surface area (TPSA) is 78.4 Å². The third kappa shape index (κ3) is 3.82. The Morgan fingerprint density at radius 2 is 2.24 bits per heavy atom. The number of ether oxygens (including phenoxy) is 1.